The van der Waals surface area contributed by atoms with Crippen molar-refractivity contribution in [1.29, 1.82) is 0 Å². The average molecular weight is 221 g/mol. The Labute approximate surface area is 94.3 Å². The van der Waals surface area contributed by atoms with Crippen LogP contribution < -0.4 is 5.32 Å². The Morgan fingerprint density at radius 2 is 1.81 bits per heavy atom. The summed E-state index contributed by atoms with van der Waals surface area (Å²) in [6, 6.07) is 7.05. The molecule has 1 aromatic rings. The average Bonchev–Trinajstić information content (AvgIpc) is 2.17. The molecule has 4 heteroatoms. The summed E-state index contributed by atoms with van der Waals surface area (Å²) >= 11 is 0. The molecule has 0 bridgehead atoms. The fraction of sp³-hybridized carbons (Fsp3) is 0.333. The molecule has 4 nitrogen and oxygen atoms in total. The molecule has 1 amide bonds. The number of hydrogen-bond donors (Lipinski definition) is 2. The molecule has 1 rings (SSSR count). The summed E-state index contributed by atoms with van der Waals surface area (Å²) in [4.78, 5) is 22.7. The minimum Gasteiger partial charge on any atom is -0.480 e. The molecular formula is C12H15NO3. The van der Waals surface area contributed by atoms with Gasteiger partial charge in [0.05, 0.1) is 0 Å². The molecule has 0 fully saturated rings. The standard InChI is InChI=1S/C12H15NO3/c1-8-6-4-5-7-9(8)10(14)13-12(2,3)11(15)16/h4-7H,1-3H3,(H,13,14)(H,15,16). The smallest absolute Gasteiger partial charge is 0.328 e. The zero-order chi connectivity index (χ0) is 12.3. The maximum Gasteiger partial charge on any atom is 0.328 e. The van der Waals surface area contributed by atoms with E-state index in [1.165, 1.54) is 13.8 Å². The summed E-state index contributed by atoms with van der Waals surface area (Å²) in [6.07, 6.45) is 0. The molecule has 0 unspecified atom stereocenters. The van der Waals surface area contributed by atoms with Crippen LogP contribution in [0.4, 0.5) is 0 Å². The fourth-order valence-corrected chi connectivity index (χ4v) is 1.23. The molecule has 0 atom stereocenters. The van der Waals surface area contributed by atoms with Crippen molar-refractivity contribution < 1.29 is 14.7 Å². The van der Waals surface area contributed by atoms with Crippen LogP contribution in [0.2, 0.25) is 0 Å². The lowest BCUT2D eigenvalue weighted by Crippen LogP contribution is -2.49. The van der Waals surface area contributed by atoms with Crippen LogP contribution in [0.3, 0.4) is 0 Å². The molecule has 0 aliphatic heterocycles. The van der Waals surface area contributed by atoms with Gasteiger partial charge in [0.15, 0.2) is 0 Å². The van der Waals surface area contributed by atoms with Crippen LogP contribution >= 0.6 is 0 Å². The van der Waals surface area contributed by atoms with Crippen LogP contribution in [0, 0.1) is 6.92 Å². The van der Waals surface area contributed by atoms with E-state index < -0.39 is 11.5 Å². The Kier molecular flexibility index (Phi) is 3.32. The van der Waals surface area contributed by atoms with Gasteiger partial charge in [-0.3, -0.25) is 4.79 Å². The molecule has 0 saturated carbocycles. The van der Waals surface area contributed by atoms with Gasteiger partial charge in [-0.15, -0.1) is 0 Å². The predicted octanol–water partition coefficient (Wildman–Crippen LogP) is 1.59. The van der Waals surface area contributed by atoms with Crippen molar-refractivity contribution in [3.05, 3.63) is 35.4 Å². The zero-order valence-electron chi connectivity index (χ0n) is 9.57. The van der Waals surface area contributed by atoms with Gasteiger partial charge in [-0.2, -0.15) is 0 Å². The number of carbonyl (C=O) groups is 2. The number of rotatable bonds is 3. The van der Waals surface area contributed by atoms with E-state index in [0.29, 0.717) is 5.56 Å². The third-order valence-electron chi connectivity index (χ3n) is 2.35. The van der Waals surface area contributed by atoms with Crippen molar-refractivity contribution in [2.45, 2.75) is 26.3 Å². The number of benzene rings is 1. The Morgan fingerprint density at radius 1 is 1.25 bits per heavy atom. The minimum absolute atomic E-state index is 0.370. The highest BCUT2D eigenvalue weighted by atomic mass is 16.4. The molecule has 16 heavy (non-hydrogen) atoms. The predicted molar refractivity (Wildman–Crippen MR) is 60.4 cm³/mol. The minimum atomic E-state index is -1.26. The molecule has 0 aliphatic carbocycles. The van der Waals surface area contributed by atoms with Gasteiger partial charge in [-0.25, -0.2) is 4.79 Å². The van der Waals surface area contributed by atoms with E-state index in [1.807, 2.05) is 19.1 Å². The summed E-state index contributed by atoms with van der Waals surface area (Å²) in [6.45, 7) is 4.71. The lowest BCUT2D eigenvalue weighted by Gasteiger charge is -2.21. The van der Waals surface area contributed by atoms with Crippen molar-refractivity contribution >= 4 is 11.9 Å². The Hall–Kier alpha value is -1.84. The second kappa shape index (κ2) is 4.35. The van der Waals surface area contributed by atoms with Crippen LogP contribution in [-0.2, 0) is 4.79 Å². The molecule has 1 aromatic carbocycles. The van der Waals surface area contributed by atoms with E-state index in [4.69, 9.17) is 5.11 Å². The number of aliphatic carboxylic acids is 1. The van der Waals surface area contributed by atoms with E-state index in [9.17, 15) is 9.59 Å². The van der Waals surface area contributed by atoms with Gasteiger partial charge >= 0.3 is 5.97 Å². The lowest BCUT2D eigenvalue weighted by atomic mass is 10.0. The van der Waals surface area contributed by atoms with Crippen molar-refractivity contribution in [1.82, 2.24) is 5.32 Å². The molecule has 2 N–H and O–H groups in total. The van der Waals surface area contributed by atoms with Crippen LogP contribution in [-0.4, -0.2) is 22.5 Å². The summed E-state index contributed by atoms with van der Waals surface area (Å²) in [5, 5.41) is 11.4. The quantitative estimate of drug-likeness (QED) is 0.814. The SMILES string of the molecule is Cc1ccccc1C(=O)NC(C)(C)C(=O)O. The summed E-state index contributed by atoms with van der Waals surface area (Å²) in [7, 11) is 0. The normalized spacial score (nSPS) is 10.9. The number of aryl methyl sites for hydroxylation is 1. The first-order valence-corrected chi connectivity index (χ1v) is 4.96. The van der Waals surface area contributed by atoms with Gasteiger partial charge in [0.25, 0.3) is 5.91 Å². The number of carboxylic acid groups (broad SMARTS) is 1. The number of amides is 1. The van der Waals surface area contributed by atoms with E-state index in [-0.39, 0.29) is 5.91 Å². The maximum atomic E-state index is 11.8. The van der Waals surface area contributed by atoms with E-state index in [0.717, 1.165) is 5.56 Å². The molecule has 0 aromatic heterocycles. The van der Waals surface area contributed by atoms with Gasteiger partial charge in [0.2, 0.25) is 0 Å². The highest BCUT2D eigenvalue weighted by Crippen LogP contribution is 2.09. The topological polar surface area (TPSA) is 66.4 Å². The van der Waals surface area contributed by atoms with E-state index in [1.54, 1.807) is 12.1 Å². The second-order valence-electron chi connectivity index (χ2n) is 4.20. The summed E-state index contributed by atoms with van der Waals surface area (Å²) in [5.41, 5.74) is 0.0531. The monoisotopic (exact) mass is 221 g/mol. The molecule has 0 aliphatic rings. The van der Waals surface area contributed by atoms with Crippen molar-refractivity contribution in [3.8, 4) is 0 Å². The lowest BCUT2D eigenvalue weighted by molar-refractivity contribution is -0.143. The Bertz CT molecular complexity index is 424. The van der Waals surface area contributed by atoms with Crippen molar-refractivity contribution in [3.63, 3.8) is 0 Å². The molecule has 0 heterocycles. The van der Waals surface area contributed by atoms with Crippen LogP contribution in [0.5, 0.6) is 0 Å². The number of carbonyl (C=O) groups excluding carboxylic acids is 1. The molecule has 0 radical (unpaired) electrons. The highest BCUT2D eigenvalue weighted by molar-refractivity contribution is 5.98. The van der Waals surface area contributed by atoms with E-state index in [2.05, 4.69) is 5.32 Å². The first kappa shape index (κ1) is 12.2. The Morgan fingerprint density at radius 3 is 2.31 bits per heavy atom. The van der Waals surface area contributed by atoms with Crippen molar-refractivity contribution in [2.75, 3.05) is 0 Å². The van der Waals surface area contributed by atoms with Crippen LogP contribution in [0.25, 0.3) is 0 Å². The third-order valence-corrected chi connectivity index (χ3v) is 2.35. The van der Waals surface area contributed by atoms with Gasteiger partial charge in [-0.05, 0) is 32.4 Å². The van der Waals surface area contributed by atoms with Crippen molar-refractivity contribution in [2.24, 2.45) is 0 Å². The molecule has 86 valence electrons. The van der Waals surface area contributed by atoms with Gasteiger partial charge in [0.1, 0.15) is 5.54 Å². The summed E-state index contributed by atoms with van der Waals surface area (Å²) < 4.78 is 0. The third kappa shape index (κ3) is 2.59. The molecule has 0 saturated heterocycles. The summed E-state index contributed by atoms with van der Waals surface area (Å²) in [5.74, 6) is -1.43. The largest absolute Gasteiger partial charge is 0.480 e. The van der Waals surface area contributed by atoms with E-state index >= 15 is 0 Å². The van der Waals surface area contributed by atoms with Gasteiger partial charge in [-0.1, -0.05) is 18.2 Å². The number of carboxylic acids is 1. The first-order chi connectivity index (χ1) is 7.34. The molecule has 0 spiro atoms. The molecular weight excluding hydrogens is 206 g/mol. The first-order valence-electron chi connectivity index (χ1n) is 4.96. The zero-order valence-corrected chi connectivity index (χ0v) is 9.57. The number of nitrogens with one attached hydrogen (secondary N) is 1. The van der Waals surface area contributed by atoms with Gasteiger partial charge < -0.3 is 10.4 Å². The second-order valence-corrected chi connectivity index (χ2v) is 4.20. The van der Waals surface area contributed by atoms with Crippen LogP contribution in [0.1, 0.15) is 29.8 Å². The maximum absolute atomic E-state index is 11.8. The highest BCUT2D eigenvalue weighted by Gasteiger charge is 2.29. The Balaban J connectivity index is 2.89. The van der Waals surface area contributed by atoms with Gasteiger partial charge in [0, 0.05) is 5.56 Å². The number of hydrogen-bond acceptors (Lipinski definition) is 2. The van der Waals surface area contributed by atoms with Crippen LogP contribution in [0.15, 0.2) is 24.3 Å². The fourth-order valence-electron chi connectivity index (χ4n) is 1.23.